The smallest absolute Gasteiger partial charge is 0.233 e. The average Bonchev–Trinajstić information content (AvgIpc) is 2.60. The Hall–Kier alpha value is -1.04. The van der Waals surface area contributed by atoms with E-state index >= 15 is 0 Å². The van der Waals surface area contributed by atoms with Gasteiger partial charge >= 0.3 is 0 Å². The Bertz CT molecular complexity index is 489. The summed E-state index contributed by atoms with van der Waals surface area (Å²) in [6.07, 6.45) is 0.599. The van der Waals surface area contributed by atoms with Crippen LogP contribution in [0.5, 0.6) is 0 Å². The quantitative estimate of drug-likeness (QED) is 0.866. The summed E-state index contributed by atoms with van der Waals surface area (Å²) in [4.78, 5) is 0. The van der Waals surface area contributed by atoms with Gasteiger partial charge in [-0.25, -0.2) is 13.1 Å². The molecular weight excluding hydrogens is 250 g/mol. The first kappa shape index (κ1) is 15.0. The zero-order valence-corrected chi connectivity index (χ0v) is 12.6. The van der Waals surface area contributed by atoms with E-state index in [1.807, 2.05) is 40.7 Å². The van der Waals surface area contributed by atoms with Crippen LogP contribution in [0, 0.1) is 0 Å². The normalized spacial score (nSPS) is 12.4. The van der Waals surface area contributed by atoms with Gasteiger partial charge in [0.05, 0.1) is 11.4 Å². The first-order chi connectivity index (χ1) is 8.26. The van der Waals surface area contributed by atoms with Gasteiger partial charge in [0.1, 0.15) is 5.82 Å². The molecule has 0 aromatic carbocycles. The van der Waals surface area contributed by atoms with Crippen molar-refractivity contribution in [2.24, 2.45) is 0 Å². The predicted molar refractivity (Wildman–Crippen MR) is 74.4 cm³/mol. The SMILES string of the molecule is CCCS(=O)(=O)Nc1cc(C(C)C)nn1C(C)C. The van der Waals surface area contributed by atoms with E-state index in [1.165, 1.54) is 0 Å². The number of rotatable bonds is 6. The number of hydrogen-bond acceptors (Lipinski definition) is 3. The Kier molecular flexibility index (Phi) is 4.78. The van der Waals surface area contributed by atoms with E-state index in [9.17, 15) is 8.42 Å². The lowest BCUT2D eigenvalue weighted by Crippen LogP contribution is -2.19. The van der Waals surface area contributed by atoms with Gasteiger partial charge in [0, 0.05) is 12.1 Å². The lowest BCUT2D eigenvalue weighted by molar-refractivity contribution is 0.529. The third-order valence-corrected chi connectivity index (χ3v) is 4.03. The second-order valence-electron chi connectivity index (χ2n) is 5.07. The van der Waals surface area contributed by atoms with E-state index in [1.54, 1.807) is 4.68 Å². The van der Waals surface area contributed by atoms with Gasteiger partial charge in [-0.15, -0.1) is 0 Å². The molecule has 0 aliphatic heterocycles. The molecule has 1 heterocycles. The highest BCUT2D eigenvalue weighted by atomic mass is 32.2. The number of aromatic nitrogens is 2. The molecule has 1 rings (SSSR count). The monoisotopic (exact) mass is 273 g/mol. The van der Waals surface area contributed by atoms with E-state index in [2.05, 4.69) is 9.82 Å². The Morgan fingerprint density at radius 2 is 1.94 bits per heavy atom. The fourth-order valence-corrected chi connectivity index (χ4v) is 2.76. The van der Waals surface area contributed by atoms with Crippen molar-refractivity contribution in [3.63, 3.8) is 0 Å². The molecule has 0 spiro atoms. The molecule has 18 heavy (non-hydrogen) atoms. The van der Waals surface area contributed by atoms with Gasteiger partial charge in [-0.1, -0.05) is 20.8 Å². The fraction of sp³-hybridized carbons (Fsp3) is 0.750. The third kappa shape index (κ3) is 3.73. The van der Waals surface area contributed by atoms with Crippen LogP contribution in [0.1, 0.15) is 58.7 Å². The number of hydrogen-bond donors (Lipinski definition) is 1. The van der Waals surface area contributed by atoms with E-state index in [0.29, 0.717) is 12.2 Å². The highest BCUT2D eigenvalue weighted by Crippen LogP contribution is 2.22. The van der Waals surface area contributed by atoms with Gasteiger partial charge in [-0.05, 0) is 26.2 Å². The van der Waals surface area contributed by atoms with Crippen LogP contribution in [-0.2, 0) is 10.0 Å². The second-order valence-corrected chi connectivity index (χ2v) is 6.91. The molecule has 0 amide bonds. The van der Waals surface area contributed by atoms with Crippen molar-refractivity contribution in [2.45, 2.75) is 53.0 Å². The molecule has 0 aliphatic carbocycles. The van der Waals surface area contributed by atoms with Crippen molar-refractivity contribution < 1.29 is 8.42 Å². The Balaban J connectivity index is 3.07. The Morgan fingerprint density at radius 1 is 1.33 bits per heavy atom. The van der Waals surface area contributed by atoms with Gasteiger partial charge in [0.25, 0.3) is 0 Å². The Labute approximate surface area is 110 Å². The zero-order valence-electron chi connectivity index (χ0n) is 11.8. The molecule has 0 radical (unpaired) electrons. The lowest BCUT2D eigenvalue weighted by Gasteiger charge is -2.12. The average molecular weight is 273 g/mol. The summed E-state index contributed by atoms with van der Waals surface area (Å²) in [5.41, 5.74) is 0.901. The molecule has 5 nitrogen and oxygen atoms in total. The molecule has 0 saturated carbocycles. The van der Waals surface area contributed by atoms with Gasteiger partial charge in [0.15, 0.2) is 0 Å². The summed E-state index contributed by atoms with van der Waals surface area (Å²) in [6.45, 7) is 9.89. The summed E-state index contributed by atoms with van der Waals surface area (Å²) >= 11 is 0. The fourth-order valence-electron chi connectivity index (χ4n) is 1.64. The number of anilines is 1. The van der Waals surface area contributed by atoms with E-state index in [-0.39, 0.29) is 17.7 Å². The number of nitrogens with one attached hydrogen (secondary N) is 1. The van der Waals surface area contributed by atoms with Crippen molar-refractivity contribution in [3.05, 3.63) is 11.8 Å². The molecule has 0 aliphatic rings. The maximum Gasteiger partial charge on any atom is 0.233 e. The molecule has 1 aromatic heterocycles. The minimum Gasteiger partial charge on any atom is -0.268 e. The van der Waals surface area contributed by atoms with E-state index in [0.717, 1.165) is 5.69 Å². The van der Waals surface area contributed by atoms with Crippen LogP contribution in [-0.4, -0.2) is 24.0 Å². The van der Waals surface area contributed by atoms with Gasteiger partial charge in [-0.2, -0.15) is 5.10 Å². The standard InChI is InChI=1S/C12H23N3O2S/c1-6-7-18(16,17)14-12-8-11(9(2)3)13-15(12)10(4)5/h8-10,14H,6-7H2,1-5H3. The first-order valence-corrected chi connectivity index (χ1v) is 8.02. The van der Waals surface area contributed by atoms with Crippen molar-refractivity contribution in [1.29, 1.82) is 0 Å². The topological polar surface area (TPSA) is 64.0 Å². The minimum absolute atomic E-state index is 0.122. The van der Waals surface area contributed by atoms with Crippen molar-refractivity contribution in [1.82, 2.24) is 9.78 Å². The van der Waals surface area contributed by atoms with Crippen LogP contribution in [0.15, 0.2) is 6.07 Å². The molecular formula is C12H23N3O2S. The van der Waals surface area contributed by atoms with Crippen molar-refractivity contribution >= 4 is 15.8 Å². The molecule has 0 bridgehead atoms. The maximum atomic E-state index is 11.8. The molecule has 104 valence electrons. The largest absolute Gasteiger partial charge is 0.268 e. The lowest BCUT2D eigenvalue weighted by atomic mass is 10.1. The predicted octanol–water partition coefficient (Wildman–Crippen LogP) is 2.74. The third-order valence-electron chi connectivity index (χ3n) is 2.57. The first-order valence-electron chi connectivity index (χ1n) is 6.36. The van der Waals surface area contributed by atoms with Crippen LogP contribution in [0.25, 0.3) is 0 Å². The molecule has 6 heteroatoms. The van der Waals surface area contributed by atoms with Gasteiger partial charge in [0.2, 0.25) is 10.0 Å². The molecule has 0 saturated heterocycles. The van der Waals surface area contributed by atoms with Crippen LogP contribution < -0.4 is 4.72 Å². The summed E-state index contributed by atoms with van der Waals surface area (Å²) < 4.78 is 27.9. The summed E-state index contributed by atoms with van der Waals surface area (Å²) in [6, 6.07) is 1.94. The molecule has 0 unspecified atom stereocenters. The van der Waals surface area contributed by atoms with Crippen LogP contribution in [0.2, 0.25) is 0 Å². The molecule has 0 fully saturated rings. The maximum absolute atomic E-state index is 11.8. The van der Waals surface area contributed by atoms with Crippen LogP contribution in [0.4, 0.5) is 5.82 Å². The van der Waals surface area contributed by atoms with Gasteiger partial charge < -0.3 is 0 Å². The summed E-state index contributed by atoms with van der Waals surface area (Å²) in [5.74, 6) is 0.967. The number of nitrogens with zero attached hydrogens (tertiary/aromatic N) is 2. The van der Waals surface area contributed by atoms with Crippen molar-refractivity contribution in [2.75, 3.05) is 10.5 Å². The number of sulfonamides is 1. The van der Waals surface area contributed by atoms with E-state index < -0.39 is 10.0 Å². The van der Waals surface area contributed by atoms with Crippen LogP contribution >= 0.6 is 0 Å². The van der Waals surface area contributed by atoms with Crippen molar-refractivity contribution in [3.8, 4) is 0 Å². The zero-order chi connectivity index (χ0) is 13.9. The van der Waals surface area contributed by atoms with Gasteiger partial charge in [-0.3, -0.25) is 4.72 Å². The molecule has 0 atom stereocenters. The summed E-state index contributed by atoms with van der Waals surface area (Å²) in [5, 5.41) is 4.44. The highest BCUT2D eigenvalue weighted by molar-refractivity contribution is 7.92. The Morgan fingerprint density at radius 3 is 2.39 bits per heavy atom. The highest BCUT2D eigenvalue weighted by Gasteiger charge is 2.17. The molecule has 1 N–H and O–H groups in total. The summed E-state index contributed by atoms with van der Waals surface area (Å²) in [7, 11) is -3.26. The second kappa shape index (κ2) is 5.73. The molecule has 1 aromatic rings. The van der Waals surface area contributed by atoms with E-state index in [4.69, 9.17) is 0 Å². The minimum atomic E-state index is -3.26. The van der Waals surface area contributed by atoms with Crippen LogP contribution in [0.3, 0.4) is 0 Å².